The van der Waals surface area contributed by atoms with Crippen LogP contribution >= 0.6 is 11.3 Å². The molecule has 5 heteroatoms. The van der Waals surface area contributed by atoms with Gasteiger partial charge in [0.05, 0.1) is 17.7 Å². The molecular weight excluding hydrogens is 643 g/mol. The standard InChI is InChI=1S/C18H30O2.C13H8NS.Ir/c19-15-14-13(6-11-17(15)7-2-1-3-8-17)12-18(16(14)20)9-4-5-10-18;1-2-6-10(7-3-1)13-14-11-8-4-5-9-12(11)15-13;/h13-16,19-20H,1-12H2;1-6,8-9H;/q;-1;. The minimum absolute atomic E-state index is 0. The quantitative estimate of drug-likeness (QED) is 0.264. The maximum Gasteiger partial charge on any atom is 0.0697 e. The average Bonchev–Trinajstić information content (AvgIpc) is 3.62. The number of hydrogen-bond acceptors (Lipinski definition) is 4. The van der Waals surface area contributed by atoms with E-state index >= 15 is 0 Å². The Morgan fingerprint density at radius 1 is 0.806 bits per heavy atom. The fourth-order valence-corrected chi connectivity index (χ4v) is 9.05. The van der Waals surface area contributed by atoms with Crippen molar-refractivity contribution in [1.29, 1.82) is 0 Å². The largest absolute Gasteiger partial charge is 0.392 e. The summed E-state index contributed by atoms with van der Waals surface area (Å²) in [5.41, 5.74) is 2.49. The molecule has 0 bridgehead atoms. The monoisotopic (exact) mass is 681 g/mol. The number of nitrogens with zero attached hydrogens (tertiary/aromatic N) is 1. The topological polar surface area (TPSA) is 53.4 Å². The maximum absolute atomic E-state index is 11.1. The number of aliphatic hydroxyl groups excluding tert-OH is 2. The van der Waals surface area contributed by atoms with Crippen molar-refractivity contribution in [2.75, 3.05) is 0 Å². The van der Waals surface area contributed by atoms with Gasteiger partial charge in [-0.2, -0.15) is 11.3 Å². The van der Waals surface area contributed by atoms with E-state index in [2.05, 4.69) is 17.1 Å². The van der Waals surface area contributed by atoms with Gasteiger partial charge in [-0.25, -0.2) is 0 Å². The Balaban J connectivity index is 0.000000150. The van der Waals surface area contributed by atoms with Crippen molar-refractivity contribution in [3.63, 3.8) is 0 Å². The van der Waals surface area contributed by atoms with Gasteiger partial charge in [-0.1, -0.05) is 44.2 Å². The fourth-order valence-electron chi connectivity index (χ4n) is 8.09. The molecule has 36 heavy (non-hydrogen) atoms. The Hall–Kier alpha value is -1.10. The first kappa shape index (κ1) is 26.5. The van der Waals surface area contributed by atoms with Gasteiger partial charge in [-0.3, -0.25) is 4.98 Å². The van der Waals surface area contributed by atoms with Crippen LogP contribution in [-0.2, 0) is 20.1 Å². The molecule has 3 nitrogen and oxygen atoms in total. The van der Waals surface area contributed by atoms with Gasteiger partial charge in [-0.15, -0.1) is 35.9 Å². The van der Waals surface area contributed by atoms with Crippen molar-refractivity contribution in [3.05, 3.63) is 54.6 Å². The van der Waals surface area contributed by atoms with Gasteiger partial charge in [0.25, 0.3) is 0 Å². The Kier molecular flexibility index (Phi) is 8.06. The van der Waals surface area contributed by atoms with Crippen molar-refractivity contribution < 1.29 is 30.3 Å². The van der Waals surface area contributed by atoms with Crippen LogP contribution in [0.1, 0.15) is 77.0 Å². The third-order valence-corrected chi connectivity index (χ3v) is 11.0. The number of thiazole rings is 1. The summed E-state index contributed by atoms with van der Waals surface area (Å²) in [5, 5.41) is 23.1. The predicted octanol–water partition coefficient (Wildman–Crippen LogP) is 7.41. The second-order valence-corrected chi connectivity index (χ2v) is 12.8. The van der Waals surface area contributed by atoms with Gasteiger partial charge in [0.2, 0.25) is 0 Å². The van der Waals surface area contributed by atoms with Crippen molar-refractivity contribution in [3.8, 4) is 10.6 Å². The molecule has 4 saturated carbocycles. The molecule has 7 rings (SSSR count). The van der Waals surface area contributed by atoms with E-state index in [9.17, 15) is 10.2 Å². The van der Waals surface area contributed by atoms with E-state index in [0.29, 0.717) is 5.92 Å². The molecule has 0 amide bonds. The summed E-state index contributed by atoms with van der Waals surface area (Å²) in [4.78, 5) is 4.57. The zero-order valence-electron chi connectivity index (χ0n) is 21.0. The molecule has 3 aromatic rings. The number of rotatable bonds is 1. The zero-order valence-corrected chi connectivity index (χ0v) is 24.2. The molecule has 4 unspecified atom stereocenters. The van der Waals surface area contributed by atoms with E-state index in [0.717, 1.165) is 16.1 Å². The van der Waals surface area contributed by atoms with Crippen molar-refractivity contribution >= 4 is 21.6 Å². The van der Waals surface area contributed by atoms with Crippen LogP contribution in [0.15, 0.2) is 48.5 Å². The summed E-state index contributed by atoms with van der Waals surface area (Å²) in [6, 6.07) is 19.3. The molecule has 1 heterocycles. The van der Waals surface area contributed by atoms with Gasteiger partial charge in [0, 0.05) is 35.7 Å². The molecule has 0 aliphatic heterocycles. The number of para-hydroxylation sites is 1. The Morgan fingerprint density at radius 2 is 1.47 bits per heavy atom. The Labute approximate surface area is 233 Å². The van der Waals surface area contributed by atoms with Gasteiger partial charge in [0.15, 0.2) is 0 Å². The van der Waals surface area contributed by atoms with E-state index in [-0.39, 0.29) is 49.1 Å². The molecular formula is C31H38IrNO2S-. The van der Waals surface area contributed by atoms with Crippen LogP contribution in [-0.4, -0.2) is 27.4 Å². The third-order valence-electron chi connectivity index (χ3n) is 9.89. The minimum atomic E-state index is -0.225. The molecule has 0 saturated heterocycles. The second kappa shape index (κ2) is 10.9. The summed E-state index contributed by atoms with van der Waals surface area (Å²) in [5.74, 6) is 0.797. The molecule has 2 N–H and O–H groups in total. The second-order valence-electron chi connectivity index (χ2n) is 11.7. The molecule has 1 aromatic heterocycles. The van der Waals surface area contributed by atoms with Crippen LogP contribution in [0.3, 0.4) is 0 Å². The summed E-state index contributed by atoms with van der Waals surface area (Å²) in [7, 11) is 0. The number of hydrogen-bond donors (Lipinski definition) is 2. The Bertz CT molecular complexity index is 1100. The van der Waals surface area contributed by atoms with Crippen LogP contribution < -0.4 is 0 Å². The first-order valence-electron chi connectivity index (χ1n) is 13.8. The zero-order chi connectivity index (χ0) is 23.9. The molecule has 195 valence electrons. The first-order chi connectivity index (χ1) is 17.1. The van der Waals surface area contributed by atoms with Crippen LogP contribution in [0.5, 0.6) is 0 Å². The number of fused-ring (bicyclic) bond motifs is 2. The molecule has 1 radical (unpaired) electrons. The summed E-state index contributed by atoms with van der Waals surface area (Å²) >= 11 is 1.71. The SMILES string of the molecule is OC1C2C(CCC13CCCCC3)CC1(CCCC1)C2O.[Ir].[c-]1ccccc1-c1nc2ccccc2s1. The van der Waals surface area contributed by atoms with E-state index in [4.69, 9.17) is 0 Å². The smallest absolute Gasteiger partial charge is 0.0697 e. The van der Waals surface area contributed by atoms with Crippen molar-refractivity contribution in [2.24, 2.45) is 22.7 Å². The van der Waals surface area contributed by atoms with Gasteiger partial charge < -0.3 is 10.2 Å². The van der Waals surface area contributed by atoms with Crippen LogP contribution in [0.2, 0.25) is 0 Å². The number of aromatic nitrogens is 1. The van der Waals surface area contributed by atoms with E-state index in [1.54, 1.807) is 11.3 Å². The summed E-state index contributed by atoms with van der Waals surface area (Å²) in [6.07, 6.45) is 14.6. The molecule has 2 aromatic carbocycles. The molecule has 4 aliphatic rings. The first-order valence-corrected chi connectivity index (χ1v) is 14.6. The molecule has 2 spiro atoms. The fraction of sp³-hybridized carbons (Fsp3) is 0.581. The summed E-state index contributed by atoms with van der Waals surface area (Å²) in [6.45, 7) is 0. The molecule has 4 aliphatic carbocycles. The van der Waals surface area contributed by atoms with E-state index < -0.39 is 0 Å². The predicted molar refractivity (Wildman–Crippen MR) is 143 cm³/mol. The average molecular weight is 681 g/mol. The van der Waals surface area contributed by atoms with Crippen LogP contribution in [0.4, 0.5) is 0 Å². The Morgan fingerprint density at radius 3 is 2.19 bits per heavy atom. The minimum Gasteiger partial charge on any atom is -0.392 e. The van der Waals surface area contributed by atoms with E-state index in [1.165, 1.54) is 81.7 Å². The van der Waals surface area contributed by atoms with Gasteiger partial charge in [0.1, 0.15) is 0 Å². The number of aliphatic hydroxyl groups is 2. The number of benzene rings is 2. The van der Waals surface area contributed by atoms with Crippen LogP contribution in [0, 0.1) is 28.7 Å². The molecule has 4 atom stereocenters. The molecule has 4 fully saturated rings. The maximum atomic E-state index is 11.1. The summed E-state index contributed by atoms with van der Waals surface area (Å²) < 4.78 is 1.23. The van der Waals surface area contributed by atoms with Crippen molar-refractivity contribution in [2.45, 2.75) is 89.3 Å². The third kappa shape index (κ3) is 4.76. The van der Waals surface area contributed by atoms with E-state index in [1.807, 2.05) is 42.5 Å². The van der Waals surface area contributed by atoms with Crippen LogP contribution in [0.25, 0.3) is 20.8 Å². The van der Waals surface area contributed by atoms with Crippen molar-refractivity contribution in [1.82, 2.24) is 4.98 Å². The van der Waals surface area contributed by atoms with Gasteiger partial charge >= 0.3 is 0 Å². The normalized spacial score (nSPS) is 29.9. The van der Waals surface area contributed by atoms with Gasteiger partial charge in [-0.05, 0) is 73.8 Å².